The van der Waals surface area contributed by atoms with Gasteiger partial charge in [0.15, 0.2) is 0 Å². The van der Waals surface area contributed by atoms with Crippen LogP contribution < -0.4 is 5.32 Å². The van der Waals surface area contributed by atoms with Crippen molar-refractivity contribution in [3.8, 4) is 10.4 Å². The zero-order valence-corrected chi connectivity index (χ0v) is 11.9. The molecular weight excluding hydrogens is 258 g/mol. The first kappa shape index (κ1) is 13.8. The van der Waals surface area contributed by atoms with Crippen LogP contribution in [0.3, 0.4) is 0 Å². The van der Waals surface area contributed by atoms with Crippen LogP contribution in [0.4, 0.5) is 5.69 Å². The maximum atomic E-state index is 11.6. The smallest absolute Gasteiger partial charge is 0.226 e. The van der Waals surface area contributed by atoms with Crippen molar-refractivity contribution in [2.45, 2.75) is 13.3 Å². The Morgan fingerprint density at radius 1 is 1.37 bits per heavy atom. The molecule has 0 fully saturated rings. The first-order valence-electron chi connectivity index (χ1n) is 6.14. The van der Waals surface area contributed by atoms with Crippen molar-refractivity contribution in [1.82, 2.24) is 0 Å². The van der Waals surface area contributed by atoms with Crippen LogP contribution in [0.5, 0.6) is 0 Å². The van der Waals surface area contributed by atoms with E-state index in [-0.39, 0.29) is 5.91 Å². The summed E-state index contributed by atoms with van der Waals surface area (Å²) in [6.07, 6.45) is 0.374. The number of benzene rings is 1. The van der Waals surface area contributed by atoms with Gasteiger partial charge >= 0.3 is 0 Å². The number of carbonyl (C=O) groups is 1. The lowest BCUT2D eigenvalue weighted by atomic mass is 10.1. The summed E-state index contributed by atoms with van der Waals surface area (Å²) < 4.78 is 4.89. The second kappa shape index (κ2) is 6.50. The molecule has 2 aromatic rings. The van der Waals surface area contributed by atoms with Crippen LogP contribution in [0.15, 0.2) is 35.7 Å². The average molecular weight is 275 g/mol. The van der Waals surface area contributed by atoms with Gasteiger partial charge in [-0.15, -0.1) is 11.3 Å². The van der Waals surface area contributed by atoms with Gasteiger partial charge in [0.25, 0.3) is 0 Å². The van der Waals surface area contributed by atoms with Crippen LogP contribution in [0.25, 0.3) is 10.4 Å². The van der Waals surface area contributed by atoms with Crippen LogP contribution in [0.1, 0.15) is 12.0 Å². The van der Waals surface area contributed by atoms with Gasteiger partial charge in [0.1, 0.15) is 0 Å². The van der Waals surface area contributed by atoms with E-state index in [1.165, 1.54) is 10.4 Å². The van der Waals surface area contributed by atoms with E-state index in [0.29, 0.717) is 13.0 Å². The largest absolute Gasteiger partial charge is 0.384 e. The van der Waals surface area contributed by atoms with Crippen molar-refractivity contribution in [3.63, 3.8) is 0 Å². The van der Waals surface area contributed by atoms with E-state index < -0.39 is 0 Å². The summed E-state index contributed by atoms with van der Waals surface area (Å²) in [6.45, 7) is 2.53. The van der Waals surface area contributed by atoms with Gasteiger partial charge in [-0.2, -0.15) is 0 Å². The fourth-order valence-corrected chi connectivity index (χ4v) is 2.75. The van der Waals surface area contributed by atoms with Crippen molar-refractivity contribution in [3.05, 3.63) is 41.3 Å². The monoisotopic (exact) mass is 275 g/mol. The topological polar surface area (TPSA) is 38.3 Å². The summed E-state index contributed by atoms with van der Waals surface area (Å²) in [6, 6.07) is 10.0. The molecule has 19 heavy (non-hydrogen) atoms. The lowest BCUT2D eigenvalue weighted by molar-refractivity contribution is -0.117. The number of rotatable bonds is 5. The van der Waals surface area contributed by atoms with Gasteiger partial charge in [0.05, 0.1) is 13.0 Å². The Balaban J connectivity index is 2.12. The number of aryl methyl sites for hydroxylation is 1. The van der Waals surface area contributed by atoms with Gasteiger partial charge in [-0.05, 0) is 41.6 Å². The number of methoxy groups -OCH3 is 1. The van der Waals surface area contributed by atoms with Crippen LogP contribution in [-0.4, -0.2) is 19.6 Å². The Labute approximate surface area is 117 Å². The van der Waals surface area contributed by atoms with Gasteiger partial charge in [0.2, 0.25) is 5.91 Å². The van der Waals surface area contributed by atoms with Crippen molar-refractivity contribution < 1.29 is 9.53 Å². The second-order valence-electron chi connectivity index (χ2n) is 4.30. The second-order valence-corrected chi connectivity index (χ2v) is 5.22. The molecule has 0 radical (unpaired) electrons. The minimum Gasteiger partial charge on any atom is -0.384 e. The number of carbonyl (C=O) groups excluding carboxylic acids is 1. The summed E-state index contributed by atoms with van der Waals surface area (Å²) in [7, 11) is 1.59. The summed E-state index contributed by atoms with van der Waals surface area (Å²) in [5.74, 6) is -0.0260. The number of anilines is 1. The quantitative estimate of drug-likeness (QED) is 0.903. The summed E-state index contributed by atoms with van der Waals surface area (Å²) in [5, 5.41) is 4.96. The number of thiophene rings is 1. The van der Waals surface area contributed by atoms with Gasteiger partial charge in [0, 0.05) is 17.7 Å². The maximum absolute atomic E-state index is 11.6. The van der Waals surface area contributed by atoms with Crippen LogP contribution in [-0.2, 0) is 9.53 Å². The van der Waals surface area contributed by atoms with Gasteiger partial charge in [-0.25, -0.2) is 0 Å². The fraction of sp³-hybridized carbons (Fsp3) is 0.267. The molecule has 0 atom stereocenters. The summed E-state index contributed by atoms with van der Waals surface area (Å²) in [4.78, 5) is 12.9. The summed E-state index contributed by atoms with van der Waals surface area (Å²) in [5.41, 5.74) is 3.22. The number of nitrogens with one attached hydrogen (secondary N) is 1. The molecule has 100 valence electrons. The highest BCUT2D eigenvalue weighted by Gasteiger charge is 2.06. The van der Waals surface area contributed by atoms with E-state index in [4.69, 9.17) is 4.74 Å². The molecule has 1 N–H and O–H groups in total. The Morgan fingerprint density at radius 2 is 2.21 bits per heavy atom. The number of amides is 1. The molecule has 0 aliphatic carbocycles. The highest BCUT2D eigenvalue weighted by atomic mass is 32.1. The van der Waals surface area contributed by atoms with Crippen LogP contribution in [0.2, 0.25) is 0 Å². The predicted octanol–water partition coefficient (Wildman–Crippen LogP) is 3.70. The molecule has 1 heterocycles. The molecule has 4 heteroatoms. The standard InChI is InChI=1S/C15H17NO2S/c1-11-7-9-19-15(11)12-4-3-5-13(10-12)16-14(17)6-8-18-2/h3-5,7,9-10H,6,8H2,1-2H3,(H,16,17). The Bertz CT molecular complexity index is 563. The fourth-order valence-electron chi connectivity index (χ4n) is 1.82. The number of ether oxygens (including phenoxy) is 1. The predicted molar refractivity (Wildman–Crippen MR) is 79.6 cm³/mol. The molecule has 1 aromatic heterocycles. The highest BCUT2D eigenvalue weighted by Crippen LogP contribution is 2.30. The van der Waals surface area contributed by atoms with E-state index >= 15 is 0 Å². The normalized spacial score (nSPS) is 10.4. The summed E-state index contributed by atoms with van der Waals surface area (Å²) >= 11 is 1.71. The highest BCUT2D eigenvalue weighted by molar-refractivity contribution is 7.13. The molecule has 0 aliphatic rings. The zero-order valence-electron chi connectivity index (χ0n) is 11.1. The van der Waals surface area contributed by atoms with Crippen LogP contribution in [0, 0.1) is 6.92 Å². The van der Waals surface area contributed by atoms with E-state index in [9.17, 15) is 4.79 Å². The molecule has 0 saturated heterocycles. The van der Waals surface area contributed by atoms with E-state index in [1.807, 2.05) is 18.2 Å². The molecule has 3 nitrogen and oxygen atoms in total. The molecule has 0 saturated carbocycles. The van der Waals surface area contributed by atoms with Crippen LogP contribution >= 0.6 is 11.3 Å². The average Bonchev–Trinajstić information content (AvgIpc) is 2.83. The SMILES string of the molecule is COCCC(=O)Nc1cccc(-c2sccc2C)c1. The maximum Gasteiger partial charge on any atom is 0.226 e. The molecular formula is C15H17NO2S. The van der Waals surface area contributed by atoms with E-state index in [2.05, 4.69) is 29.8 Å². The molecule has 0 aliphatic heterocycles. The molecule has 2 rings (SSSR count). The number of hydrogen-bond donors (Lipinski definition) is 1. The molecule has 0 bridgehead atoms. The third kappa shape index (κ3) is 3.66. The minimum atomic E-state index is -0.0260. The van der Waals surface area contributed by atoms with Gasteiger partial charge in [-0.3, -0.25) is 4.79 Å². The molecule has 1 amide bonds. The lowest BCUT2D eigenvalue weighted by Crippen LogP contribution is -2.13. The first-order chi connectivity index (χ1) is 9.20. The third-order valence-corrected chi connectivity index (χ3v) is 3.87. The Hall–Kier alpha value is -1.65. The van der Waals surface area contributed by atoms with Crippen molar-refractivity contribution >= 4 is 22.9 Å². The third-order valence-electron chi connectivity index (χ3n) is 2.80. The van der Waals surface area contributed by atoms with Crippen molar-refractivity contribution in [2.24, 2.45) is 0 Å². The van der Waals surface area contributed by atoms with Crippen molar-refractivity contribution in [1.29, 1.82) is 0 Å². The Morgan fingerprint density at radius 3 is 2.89 bits per heavy atom. The first-order valence-corrected chi connectivity index (χ1v) is 7.02. The Kier molecular flexibility index (Phi) is 4.71. The van der Waals surface area contributed by atoms with Crippen molar-refractivity contribution in [2.75, 3.05) is 19.0 Å². The lowest BCUT2D eigenvalue weighted by Gasteiger charge is -2.07. The molecule has 1 aromatic carbocycles. The molecule has 0 unspecified atom stereocenters. The zero-order chi connectivity index (χ0) is 13.7. The van der Waals surface area contributed by atoms with Gasteiger partial charge < -0.3 is 10.1 Å². The van der Waals surface area contributed by atoms with E-state index in [0.717, 1.165) is 11.3 Å². The minimum absolute atomic E-state index is 0.0260. The molecule has 0 spiro atoms. The number of hydrogen-bond acceptors (Lipinski definition) is 3. The van der Waals surface area contributed by atoms with E-state index in [1.54, 1.807) is 18.4 Å². The van der Waals surface area contributed by atoms with Gasteiger partial charge in [-0.1, -0.05) is 12.1 Å².